The van der Waals surface area contributed by atoms with Gasteiger partial charge in [0.15, 0.2) is 0 Å². The Morgan fingerprint density at radius 1 is 1.20 bits per heavy atom. The predicted molar refractivity (Wildman–Crippen MR) is 61.6 cm³/mol. The van der Waals surface area contributed by atoms with Gasteiger partial charge in [0, 0.05) is 4.88 Å². The van der Waals surface area contributed by atoms with Crippen LogP contribution in [0.1, 0.15) is 16.5 Å². The average Bonchev–Trinajstić information content (AvgIpc) is 2.75. The Bertz CT molecular complexity index is 408. The molecule has 0 fully saturated rings. The topological polar surface area (TPSA) is 12.0 Å². The molecule has 1 heterocycles. The second-order valence-corrected chi connectivity index (χ2v) is 4.27. The van der Waals surface area contributed by atoms with Crippen molar-refractivity contribution in [2.45, 2.75) is 6.04 Å². The SMILES string of the molecule is CNC(c1ccc(F)cc1)c1cccs1. The number of thiophene rings is 1. The summed E-state index contributed by atoms with van der Waals surface area (Å²) in [5.41, 5.74) is 1.08. The molecule has 1 aromatic carbocycles. The molecule has 2 rings (SSSR count). The molecule has 1 aromatic heterocycles. The second-order valence-electron chi connectivity index (χ2n) is 3.29. The predicted octanol–water partition coefficient (Wildman–Crippen LogP) is 3.20. The molecule has 0 saturated heterocycles. The summed E-state index contributed by atoms with van der Waals surface area (Å²) in [6.07, 6.45) is 0. The van der Waals surface area contributed by atoms with Crippen LogP contribution >= 0.6 is 11.3 Å². The van der Waals surface area contributed by atoms with E-state index in [9.17, 15) is 4.39 Å². The summed E-state index contributed by atoms with van der Waals surface area (Å²) >= 11 is 1.70. The first-order valence-electron chi connectivity index (χ1n) is 4.77. The van der Waals surface area contributed by atoms with E-state index in [0.29, 0.717) is 0 Å². The minimum absolute atomic E-state index is 0.158. The molecule has 0 aliphatic carbocycles. The first-order chi connectivity index (χ1) is 7.31. The summed E-state index contributed by atoms with van der Waals surface area (Å²) in [4.78, 5) is 1.24. The lowest BCUT2D eigenvalue weighted by Crippen LogP contribution is -2.16. The van der Waals surface area contributed by atoms with Crippen molar-refractivity contribution in [3.63, 3.8) is 0 Å². The van der Waals surface area contributed by atoms with E-state index in [-0.39, 0.29) is 11.9 Å². The Morgan fingerprint density at radius 2 is 1.93 bits per heavy atom. The van der Waals surface area contributed by atoms with Crippen LogP contribution in [0, 0.1) is 5.82 Å². The third-order valence-corrected chi connectivity index (χ3v) is 3.26. The van der Waals surface area contributed by atoms with E-state index in [1.165, 1.54) is 17.0 Å². The normalized spacial score (nSPS) is 12.7. The number of rotatable bonds is 3. The van der Waals surface area contributed by atoms with Gasteiger partial charge in [-0.3, -0.25) is 0 Å². The van der Waals surface area contributed by atoms with E-state index in [1.807, 2.05) is 30.6 Å². The maximum absolute atomic E-state index is 12.8. The molecule has 0 bridgehead atoms. The Balaban J connectivity index is 2.31. The van der Waals surface area contributed by atoms with Crippen molar-refractivity contribution < 1.29 is 4.39 Å². The van der Waals surface area contributed by atoms with Crippen molar-refractivity contribution in [3.8, 4) is 0 Å². The fourth-order valence-electron chi connectivity index (χ4n) is 1.58. The maximum Gasteiger partial charge on any atom is 0.123 e. The summed E-state index contributed by atoms with van der Waals surface area (Å²) in [5, 5.41) is 5.27. The van der Waals surface area contributed by atoms with Gasteiger partial charge >= 0.3 is 0 Å². The van der Waals surface area contributed by atoms with Crippen LogP contribution in [0.25, 0.3) is 0 Å². The number of hydrogen-bond donors (Lipinski definition) is 1. The fourth-order valence-corrected chi connectivity index (χ4v) is 2.45. The fraction of sp³-hybridized carbons (Fsp3) is 0.167. The molecule has 0 aliphatic heterocycles. The van der Waals surface area contributed by atoms with Crippen molar-refractivity contribution in [3.05, 3.63) is 58.0 Å². The largest absolute Gasteiger partial charge is 0.309 e. The van der Waals surface area contributed by atoms with E-state index in [4.69, 9.17) is 0 Å². The molecule has 0 saturated carbocycles. The summed E-state index contributed by atoms with van der Waals surface area (Å²) in [5.74, 6) is -0.195. The molecular weight excluding hydrogens is 209 g/mol. The highest BCUT2D eigenvalue weighted by molar-refractivity contribution is 7.10. The van der Waals surface area contributed by atoms with Crippen molar-refractivity contribution in [2.24, 2.45) is 0 Å². The highest BCUT2D eigenvalue weighted by Crippen LogP contribution is 2.25. The molecule has 2 aromatic rings. The van der Waals surface area contributed by atoms with Gasteiger partial charge in [-0.15, -0.1) is 11.3 Å². The van der Waals surface area contributed by atoms with Crippen molar-refractivity contribution >= 4 is 11.3 Å². The van der Waals surface area contributed by atoms with E-state index in [0.717, 1.165) is 5.56 Å². The average molecular weight is 221 g/mol. The molecule has 1 atom stereocenters. The molecule has 15 heavy (non-hydrogen) atoms. The summed E-state index contributed by atoms with van der Waals surface area (Å²) in [7, 11) is 1.91. The second kappa shape index (κ2) is 4.55. The van der Waals surface area contributed by atoms with Crippen LogP contribution < -0.4 is 5.32 Å². The molecule has 3 heteroatoms. The molecule has 0 spiro atoms. The number of hydrogen-bond acceptors (Lipinski definition) is 2. The lowest BCUT2D eigenvalue weighted by Gasteiger charge is -2.14. The minimum atomic E-state index is -0.195. The Kier molecular flexibility index (Phi) is 3.14. The van der Waals surface area contributed by atoms with Gasteiger partial charge in [0.1, 0.15) is 5.82 Å². The van der Waals surface area contributed by atoms with Crippen molar-refractivity contribution in [1.82, 2.24) is 5.32 Å². The summed E-state index contributed by atoms with van der Waals surface area (Å²) < 4.78 is 12.8. The van der Waals surface area contributed by atoms with Gasteiger partial charge in [0.25, 0.3) is 0 Å². The van der Waals surface area contributed by atoms with Crippen molar-refractivity contribution in [2.75, 3.05) is 7.05 Å². The smallest absolute Gasteiger partial charge is 0.123 e. The number of benzene rings is 1. The molecular formula is C12H12FNS. The highest BCUT2D eigenvalue weighted by Gasteiger charge is 2.12. The molecule has 0 radical (unpaired) electrons. The molecule has 0 amide bonds. The Hall–Kier alpha value is -1.19. The van der Waals surface area contributed by atoms with Gasteiger partial charge in [-0.1, -0.05) is 18.2 Å². The third kappa shape index (κ3) is 2.25. The van der Waals surface area contributed by atoms with Crippen LogP contribution in [-0.4, -0.2) is 7.05 Å². The van der Waals surface area contributed by atoms with Gasteiger partial charge in [0.05, 0.1) is 6.04 Å². The first kappa shape index (κ1) is 10.3. The molecule has 78 valence electrons. The zero-order valence-corrected chi connectivity index (χ0v) is 9.22. The van der Waals surface area contributed by atoms with E-state index < -0.39 is 0 Å². The zero-order valence-electron chi connectivity index (χ0n) is 8.41. The third-order valence-electron chi connectivity index (χ3n) is 2.32. The van der Waals surface area contributed by atoms with Crippen LogP contribution in [0.5, 0.6) is 0 Å². The van der Waals surface area contributed by atoms with Gasteiger partial charge < -0.3 is 5.32 Å². The number of halogens is 1. The molecule has 1 unspecified atom stereocenters. The summed E-state index contributed by atoms with van der Waals surface area (Å²) in [6.45, 7) is 0. The maximum atomic E-state index is 12.8. The lowest BCUT2D eigenvalue weighted by atomic mass is 10.1. The van der Waals surface area contributed by atoms with Gasteiger partial charge in [0.2, 0.25) is 0 Å². The Labute approximate surface area is 92.6 Å². The van der Waals surface area contributed by atoms with Crippen molar-refractivity contribution in [1.29, 1.82) is 0 Å². The van der Waals surface area contributed by atoms with Crippen LogP contribution in [0.3, 0.4) is 0 Å². The van der Waals surface area contributed by atoms with Gasteiger partial charge in [-0.25, -0.2) is 4.39 Å². The Morgan fingerprint density at radius 3 is 2.47 bits per heavy atom. The lowest BCUT2D eigenvalue weighted by molar-refractivity contribution is 0.624. The first-order valence-corrected chi connectivity index (χ1v) is 5.65. The van der Waals surface area contributed by atoms with Gasteiger partial charge in [-0.05, 0) is 36.2 Å². The highest BCUT2D eigenvalue weighted by atomic mass is 32.1. The molecule has 1 N–H and O–H groups in total. The summed E-state index contributed by atoms with van der Waals surface area (Å²) in [6, 6.07) is 10.9. The standard InChI is InChI=1S/C12H12FNS/c1-14-12(11-3-2-8-15-11)9-4-6-10(13)7-5-9/h2-8,12,14H,1H3. The van der Waals surface area contributed by atoms with Crippen LogP contribution in [0.15, 0.2) is 41.8 Å². The van der Waals surface area contributed by atoms with E-state index in [1.54, 1.807) is 11.3 Å². The van der Waals surface area contributed by atoms with Crippen LogP contribution in [-0.2, 0) is 0 Å². The number of nitrogens with one attached hydrogen (secondary N) is 1. The van der Waals surface area contributed by atoms with E-state index >= 15 is 0 Å². The van der Waals surface area contributed by atoms with Crippen LogP contribution in [0.2, 0.25) is 0 Å². The molecule has 0 aliphatic rings. The van der Waals surface area contributed by atoms with Crippen LogP contribution in [0.4, 0.5) is 4.39 Å². The zero-order chi connectivity index (χ0) is 10.7. The van der Waals surface area contributed by atoms with Gasteiger partial charge in [-0.2, -0.15) is 0 Å². The molecule has 1 nitrogen and oxygen atoms in total. The quantitative estimate of drug-likeness (QED) is 0.839. The van der Waals surface area contributed by atoms with E-state index in [2.05, 4.69) is 11.4 Å². The monoisotopic (exact) mass is 221 g/mol. The minimum Gasteiger partial charge on any atom is -0.309 e.